The molecular weight excluding hydrogens is 250 g/mol. The van der Waals surface area contributed by atoms with Crippen LogP contribution in [0.3, 0.4) is 0 Å². The Labute approximate surface area is 121 Å². The van der Waals surface area contributed by atoms with E-state index in [2.05, 4.69) is 23.7 Å². The zero-order chi connectivity index (χ0) is 15.2. The third kappa shape index (κ3) is 3.09. The lowest BCUT2D eigenvalue weighted by molar-refractivity contribution is -0.130. The van der Waals surface area contributed by atoms with Gasteiger partial charge < -0.3 is 10.1 Å². The van der Waals surface area contributed by atoms with Gasteiger partial charge in [-0.3, -0.25) is 4.79 Å². The van der Waals surface area contributed by atoms with Crippen molar-refractivity contribution in [1.29, 1.82) is 0 Å². The van der Waals surface area contributed by atoms with Crippen LogP contribution in [0.5, 0.6) is 0 Å². The Balaban J connectivity index is 0.000000956. The van der Waals surface area contributed by atoms with Gasteiger partial charge in [-0.2, -0.15) is 0 Å². The second-order valence-electron chi connectivity index (χ2n) is 4.22. The number of amides is 1. The lowest BCUT2D eigenvalue weighted by Gasteiger charge is -2.25. The lowest BCUT2D eigenvalue weighted by Crippen LogP contribution is -2.32. The van der Waals surface area contributed by atoms with Gasteiger partial charge in [0.2, 0.25) is 0 Å². The molecule has 0 saturated carbocycles. The number of hydrogen-bond acceptors (Lipinski definition) is 2. The first kappa shape index (κ1) is 16.0. The first-order valence-electron chi connectivity index (χ1n) is 6.75. The molecule has 20 heavy (non-hydrogen) atoms. The average Bonchev–Trinajstić information content (AvgIpc) is 2.57. The number of hydrogen-bond donors (Lipinski definition) is 1. The van der Waals surface area contributed by atoms with Crippen molar-refractivity contribution in [3.05, 3.63) is 42.5 Å². The standard InChI is InChI=1S/C15H15NO2.C2H6/c1-4-10-15(3)11-8-6-7-9-12(11)16-14(17)13(5-2)18-15;1-2/h5-9,13H,2H2,1,3H3,(H,16,17);1-2H3. The molecule has 0 fully saturated rings. The summed E-state index contributed by atoms with van der Waals surface area (Å²) < 4.78 is 5.82. The van der Waals surface area contributed by atoms with E-state index in [9.17, 15) is 4.79 Å². The molecule has 1 N–H and O–H groups in total. The van der Waals surface area contributed by atoms with Crippen LogP contribution in [0.1, 0.15) is 33.3 Å². The highest BCUT2D eigenvalue weighted by atomic mass is 16.5. The number of rotatable bonds is 1. The molecule has 3 heteroatoms. The van der Waals surface area contributed by atoms with Gasteiger partial charge in [-0.15, -0.1) is 5.92 Å². The second-order valence-corrected chi connectivity index (χ2v) is 4.22. The number of ether oxygens (including phenoxy) is 1. The maximum atomic E-state index is 11.9. The molecule has 2 rings (SSSR count). The van der Waals surface area contributed by atoms with Crippen LogP contribution < -0.4 is 5.32 Å². The third-order valence-corrected chi connectivity index (χ3v) is 2.90. The van der Waals surface area contributed by atoms with Gasteiger partial charge in [0.05, 0.1) is 0 Å². The van der Waals surface area contributed by atoms with E-state index >= 15 is 0 Å². The number of benzene rings is 1. The first-order chi connectivity index (χ1) is 9.60. The average molecular weight is 271 g/mol. The fourth-order valence-corrected chi connectivity index (χ4v) is 2.07. The molecule has 0 spiro atoms. The highest BCUT2D eigenvalue weighted by molar-refractivity contribution is 5.97. The monoisotopic (exact) mass is 271 g/mol. The summed E-state index contributed by atoms with van der Waals surface area (Å²) in [5.41, 5.74) is 0.776. The van der Waals surface area contributed by atoms with Gasteiger partial charge in [-0.25, -0.2) is 0 Å². The first-order valence-corrected chi connectivity index (χ1v) is 6.75. The molecule has 106 valence electrons. The highest BCUT2D eigenvalue weighted by Crippen LogP contribution is 2.35. The van der Waals surface area contributed by atoms with E-state index in [1.807, 2.05) is 45.0 Å². The fraction of sp³-hybridized carbons (Fsp3) is 0.353. The topological polar surface area (TPSA) is 38.3 Å². The molecule has 0 radical (unpaired) electrons. The second kappa shape index (κ2) is 6.93. The Morgan fingerprint density at radius 3 is 2.65 bits per heavy atom. The predicted molar refractivity (Wildman–Crippen MR) is 82.3 cm³/mol. The Bertz CT molecular complexity index is 554. The van der Waals surface area contributed by atoms with Crippen molar-refractivity contribution >= 4 is 11.6 Å². The van der Waals surface area contributed by atoms with Crippen molar-refractivity contribution in [2.45, 2.75) is 39.4 Å². The summed E-state index contributed by atoms with van der Waals surface area (Å²) in [5, 5.41) is 2.83. The van der Waals surface area contributed by atoms with Crippen LogP contribution in [-0.2, 0) is 15.1 Å². The summed E-state index contributed by atoms with van der Waals surface area (Å²) in [5.74, 6) is 5.66. The van der Waals surface area contributed by atoms with Gasteiger partial charge in [0, 0.05) is 11.3 Å². The van der Waals surface area contributed by atoms with Crippen LogP contribution in [0.15, 0.2) is 36.9 Å². The normalized spacial score (nSPS) is 23.8. The van der Waals surface area contributed by atoms with Crippen molar-refractivity contribution < 1.29 is 9.53 Å². The number of nitrogens with one attached hydrogen (secondary N) is 1. The summed E-state index contributed by atoms with van der Waals surface area (Å²) in [6, 6.07) is 7.52. The summed E-state index contributed by atoms with van der Waals surface area (Å²) in [4.78, 5) is 11.9. The maximum Gasteiger partial charge on any atom is 0.257 e. The van der Waals surface area contributed by atoms with Crippen molar-refractivity contribution in [3.63, 3.8) is 0 Å². The molecule has 1 aliphatic heterocycles. The van der Waals surface area contributed by atoms with Gasteiger partial charge in [0.25, 0.3) is 5.91 Å². The molecule has 3 nitrogen and oxygen atoms in total. The molecule has 1 aliphatic rings. The van der Waals surface area contributed by atoms with Crippen LogP contribution in [0.2, 0.25) is 0 Å². The summed E-state index contributed by atoms with van der Waals surface area (Å²) >= 11 is 0. The molecular formula is C17H21NO2. The molecule has 1 aromatic carbocycles. The summed E-state index contributed by atoms with van der Waals surface area (Å²) in [6.07, 6.45) is 0.778. The molecule has 0 aliphatic carbocycles. The van der Waals surface area contributed by atoms with Crippen molar-refractivity contribution in [3.8, 4) is 11.8 Å². The highest BCUT2D eigenvalue weighted by Gasteiger charge is 2.36. The number of para-hydroxylation sites is 1. The van der Waals surface area contributed by atoms with Gasteiger partial charge in [-0.1, -0.05) is 50.6 Å². The lowest BCUT2D eigenvalue weighted by atomic mass is 9.94. The van der Waals surface area contributed by atoms with Crippen LogP contribution in [-0.4, -0.2) is 12.0 Å². The Morgan fingerprint density at radius 1 is 1.40 bits per heavy atom. The largest absolute Gasteiger partial charge is 0.341 e. The van der Waals surface area contributed by atoms with E-state index in [4.69, 9.17) is 4.74 Å². The Kier molecular flexibility index (Phi) is 5.54. The molecule has 0 bridgehead atoms. The molecule has 1 amide bonds. The molecule has 1 aromatic rings. The quantitative estimate of drug-likeness (QED) is 0.627. The molecule has 1 heterocycles. The van der Waals surface area contributed by atoms with E-state index in [1.165, 1.54) is 6.08 Å². The Morgan fingerprint density at radius 2 is 2.05 bits per heavy atom. The number of anilines is 1. The van der Waals surface area contributed by atoms with Crippen LogP contribution in [0.4, 0.5) is 5.69 Å². The van der Waals surface area contributed by atoms with E-state index in [1.54, 1.807) is 6.92 Å². The van der Waals surface area contributed by atoms with Crippen LogP contribution in [0.25, 0.3) is 0 Å². The number of fused-ring (bicyclic) bond motifs is 1. The molecule has 2 unspecified atom stereocenters. The summed E-state index contributed by atoms with van der Waals surface area (Å²) in [7, 11) is 0. The van der Waals surface area contributed by atoms with Crippen LogP contribution in [0, 0.1) is 11.8 Å². The minimum Gasteiger partial charge on any atom is -0.341 e. The van der Waals surface area contributed by atoms with E-state index in [0.717, 1.165) is 11.3 Å². The minimum absolute atomic E-state index is 0.223. The number of carbonyl (C=O) groups is 1. The SMILES string of the molecule is C=CC1OC(C)(C#CC)c2ccccc2NC1=O.CC. The van der Waals surface area contributed by atoms with E-state index in [0.29, 0.717) is 0 Å². The summed E-state index contributed by atoms with van der Waals surface area (Å²) in [6.45, 7) is 11.2. The molecule has 2 atom stereocenters. The maximum absolute atomic E-state index is 11.9. The van der Waals surface area contributed by atoms with Gasteiger partial charge in [0.1, 0.15) is 0 Å². The molecule has 0 saturated heterocycles. The van der Waals surface area contributed by atoms with Crippen LogP contribution >= 0.6 is 0 Å². The Hall–Kier alpha value is -2.05. The number of carbonyl (C=O) groups excluding carboxylic acids is 1. The van der Waals surface area contributed by atoms with E-state index in [-0.39, 0.29) is 5.91 Å². The van der Waals surface area contributed by atoms with Gasteiger partial charge in [-0.05, 0) is 19.9 Å². The van der Waals surface area contributed by atoms with Gasteiger partial charge >= 0.3 is 0 Å². The third-order valence-electron chi connectivity index (χ3n) is 2.90. The zero-order valence-corrected chi connectivity index (χ0v) is 12.5. The smallest absolute Gasteiger partial charge is 0.257 e. The zero-order valence-electron chi connectivity index (χ0n) is 12.5. The van der Waals surface area contributed by atoms with Crippen molar-refractivity contribution in [2.24, 2.45) is 0 Å². The van der Waals surface area contributed by atoms with Crippen molar-refractivity contribution in [2.75, 3.05) is 5.32 Å². The predicted octanol–water partition coefficient (Wildman–Crippen LogP) is 3.47. The van der Waals surface area contributed by atoms with Gasteiger partial charge in [0.15, 0.2) is 11.7 Å². The van der Waals surface area contributed by atoms with E-state index < -0.39 is 11.7 Å². The van der Waals surface area contributed by atoms with Crippen molar-refractivity contribution in [1.82, 2.24) is 0 Å². The fourth-order valence-electron chi connectivity index (χ4n) is 2.07. The minimum atomic E-state index is -0.816. The molecule has 0 aromatic heterocycles.